The molecule has 0 spiro atoms. The SMILES string of the molecule is c1ccc(COc2ccccc2CN2CCc3cnccc3C2)nc1. The van der Waals surface area contributed by atoms with Gasteiger partial charge in [-0.2, -0.15) is 0 Å². The van der Waals surface area contributed by atoms with Crippen LogP contribution in [0, 0.1) is 0 Å². The maximum atomic E-state index is 6.04. The van der Waals surface area contributed by atoms with Crippen molar-refractivity contribution in [2.24, 2.45) is 0 Å². The van der Waals surface area contributed by atoms with Crippen LogP contribution in [0.1, 0.15) is 22.4 Å². The highest BCUT2D eigenvalue weighted by molar-refractivity contribution is 5.34. The number of pyridine rings is 2. The monoisotopic (exact) mass is 331 g/mol. The molecular weight excluding hydrogens is 310 g/mol. The van der Waals surface area contributed by atoms with Crippen LogP contribution >= 0.6 is 0 Å². The van der Waals surface area contributed by atoms with Gasteiger partial charge in [0.1, 0.15) is 12.4 Å². The average molecular weight is 331 g/mol. The first-order chi connectivity index (χ1) is 12.4. The van der Waals surface area contributed by atoms with Gasteiger partial charge in [0, 0.05) is 43.8 Å². The number of rotatable bonds is 5. The highest BCUT2D eigenvalue weighted by Gasteiger charge is 2.17. The van der Waals surface area contributed by atoms with Crippen LogP contribution < -0.4 is 4.74 Å². The highest BCUT2D eigenvalue weighted by Crippen LogP contribution is 2.24. The van der Waals surface area contributed by atoms with Crippen LogP contribution in [0.3, 0.4) is 0 Å². The van der Waals surface area contributed by atoms with Crippen molar-refractivity contribution < 1.29 is 4.74 Å². The summed E-state index contributed by atoms with van der Waals surface area (Å²) in [4.78, 5) is 11.0. The Morgan fingerprint density at radius 2 is 1.88 bits per heavy atom. The van der Waals surface area contributed by atoms with Gasteiger partial charge in [0.05, 0.1) is 5.69 Å². The molecular formula is C21H21N3O. The number of para-hydroxylation sites is 1. The van der Waals surface area contributed by atoms with Crippen LogP contribution in [0.4, 0.5) is 0 Å². The van der Waals surface area contributed by atoms with Crippen molar-refractivity contribution in [2.45, 2.75) is 26.1 Å². The lowest BCUT2D eigenvalue weighted by atomic mass is 10.0. The van der Waals surface area contributed by atoms with E-state index >= 15 is 0 Å². The van der Waals surface area contributed by atoms with Gasteiger partial charge in [-0.3, -0.25) is 14.9 Å². The van der Waals surface area contributed by atoms with Crippen molar-refractivity contribution in [3.63, 3.8) is 0 Å². The molecule has 0 amide bonds. The summed E-state index contributed by atoms with van der Waals surface area (Å²) >= 11 is 0. The quantitative estimate of drug-likeness (QED) is 0.716. The van der Waals surface area contributed by atoms with Crippen LogP contribution in [0.25, 0.3) is 0 Å². The Morgan fingerprint density at radius 3 is 2.80 bits per heavy atom. The maximum Gasteiger partial charge on any atom is 0.130 e. The molecule has 126 valence electrons. The fourth-order valence-corrected chi connectivity index (χ4v) is 3.22. The molecule has 0 unspecified atom stereocenters. The van der Waals surface area contributed by atoms with Gasteiger partial charge >= 0.3 is 0 Å². The van der Waals surface area contributed by atoms with Gasteiger partial charge in [0.2, 0.25) is 0 Å². The molecule has 0 atom stereocenters. The Hall–Kier alpha value is -2.72. The van der Waals surface area contributed by atoms with Crippen molar-refractivity contribution in [1.29, 1.82) is 0 Å². The molecule has 3 aromatic rings. The van der Waals surface area contributed by atoms with Gasteiger partial charge in [0.15, 0.2) is 0 Å². The average Bonchev–Trinajstić information content (AvgIpc) is 2.68. The van der Waals surface area contributed by atoms with Crippen LogP contribution in [0.15, 0.2) is 67.1 Å². The molecule has 0 saturated heterocycles. The number of benzene rings is 1. The summed E-state index contributed by atoms with van der Waals surface area (Å²) in [5, 5.41) is 0. The first kappa shape index (κ1) is 15.8. The molecule has 0 radical (unpaired) electrons. The third-order valence-corrected chi connectivity index (χ3v) is 4.56. The first-order valence-electron chi connectivity index (χ1n) is 8.63. The lowest BCUT2D eigenvalue weighted by Crippen LogP contribution is -2.30. The molecule has 25 heavy (non-hydrogen) atoms. The fourth-order valence-electron chi connectivity index (χ4n) is 3.22. The standard InChI is InChI=1S/C21H21N3O/c1-2-7-21(25-16-20-6-3-4-10-23-20)19(5-1)15-24-12-9-17-13-22-11-8-18(17)14-24/h1-8,10-11,13H,9,12,14-16H2. The topological polar surface area (TPSA) is 38.2 Å². The predicted molar refractivity (Wildman–Crippen MR) is 97.1 cm³/mol. The van der Waals surface area contributed by atoms with Crippen molar-refractivity contribution >= 4 is 0 Å². The van der Waals surface area contributed by atoms with Crippen LogP contribution in [0.2, 0.25) is 0 Å². The Labute approximate surface area is 148 Å². The zero-order valence-electron chi connectivity index (χ0n) is 14.1. The van der Waals surface area contributed by atoms with E-state index in [1.54, 1.807) is 6.20 Å². The smallest absolute Gasteiger partial charge is 0.130 e. The Kier molecular flexibility index (Phi) is 4.70. The number of hydrogen-bond acceptors (Lipinski definition) is 4. The van der Waals surface area contributed by atoms with E-state index in [4.69, 9.17) is 4.74 Å². The van der Waals surface area contributed by atoms with E-state index in [1.807, 2.05) is 42.7 Å². The minimum Gasteiger partial charge on any atom is -0.487 e. The van der Waals surface area contributed by atoms with Gasteiger partial charge in [-0.1, -0.05) is 24.3 Å². The van der Waals surface area contributed by atoms with Crippen molar-refractivity contribution in [2.75, 3.05) is 6.54 Å². The second-order valence-corrected chi connectivity index (χ2v) is 6.32. The summed E-state index contributed by atoms with van der Waals surface area (Å²) in [5.41, 5.74) is 4.92. The summed E-state index contributed by atoms with van der Waals surface area (Å²) in [6, 6.07) is 16.3. The maximum absolute atomic E-state index is 6.04. The van der Waals surface area contributed by atoms with Crippen LogP contribution in [-0.2, 0) is 26.1 Å². The molecule has 0 N–H and O–H groups in total. The molecule has 0 fully saturated rings. The van der Waals surface area contributed by atoms with E-state index in [1.165, 1.54) is 16.7 Å². The number of nitrogens with zero attached hydrogens (tertiary/aromatic N) is 3. The largest absolute Gasteiger partial charge is 0.487 e. The van der Waals surface area contributed by atoms with Gasteiger partial charge in [-0.05, 0) is 41.8 Å². The van der Waals surface area contributed by atoms with Crippen molar-refractivity contribution in [3.8, 4) is 5.75 Å². The first-order valence-corrected chi connectivity index (χ1v) is 8.63. The zero-order valence-corrected chi connectivity index (χ0v) is 14.1. The van der Waals surface area contributed by atoms with Crippen molar-refractivity contribution in [3.05, 3.63) is 89.5 Å². The van der Waals surface area contributed by atoms with Gasteiger partial charge < -0.3 is 4.74 Å². The third kappa shape index (κ3) is 3.86. The number of ether oxygens (including phenoxy) is 1. The highest BCUT2D eigenvalue weighted by atomic mass is 16.5. The molecule has 1 aliphatic heterocycles. The van der Waals surface area contributed by atoms with Crippen molar-refractivity contribution in [1.82, 2.24) is 14.9 Å². The second kappa shape index (κ2) is 7.45. The molecule has 0 saturated carbocycles. The van der Waals surface area contributed by atoms with Crippen LogP contribution in [0.5, 0.6) is 5.75 Å². The molecule has 0 aliphatic carbocycles. The predicted octanol–water partition coefficient (Wildman–Crippen LogP) is 3.61. The molecule has 1 aliphatic rings. The Balaban J connectivity index is 1.44. The lowest BCUT2D eigenvalue weighted by molar-refractivity contribution is 0.235. The molecule has 2 aromatic heterocycles. The van der Waals surface area contributed by atoms with Gasteiger partial charge in [-0.25, -0.2) is 0 Å². The summed E-state index contributed by atoms with van der Waals surface area (Å²) in [7, 11) is 0. The molecule has 3 heterocycles. The molecule has 4 heteroatoms. The zero-order chi connectivity index (χ0) is 16.9. The van der Waals surface area contributed by atoms with E-state index in [0.29, 0.717) is 6.61 Å². The minimum absolute atomic E-state index is 0.492. The number of hydrogen-bond donors (Lipinski definition) is 0. The second-order valence-electron chi connectivity index (χ2n) is 6.32. The van der Waals surface area contributed by atoms with Crippen LogP contribution in [-0.4, -0.2) is 21.4 Å². The van der Waals surface area contributed by atoms with Gasteiger partial charge in [-0.15, -0.1) is 0 Å². The Bertz CT molecular complexity index is 835. The van der Waals surface area contributed by atoms with E-state index in [9.17, 15) is 0 Å². The fraction of sp³-hybridized carbons (Fsp3) is 0.238. The van der Waals surface area contributed by atoms with E-state index in [0.717, 1.165) is 37.5 Å². The van der Waals surface area contributed by atoms with Gasteiger partial charge in [0.25, 0.3) is 0 Å². The third-order valence-electron chi connectivity index (χ3n) is 4.56. The summed E-state index contributed by atoms with van der Waals surface area (Å²) in [5.74, 6) is 0.939. The van der Waals surface area contributed by atoms with E-state index in [-0.39, 0.29) is 0 Å². The lowest BCUT2D eigenvalue weighted by Gasteiger charge is -2.29. The summed E-state index contributed by atoms with van der Waals surface area (Å²) in [6.07, 6.45) is 6.73. The molecule has 4 nitrogen and oxygen atoms in total. The van der Waals surface area contributed by atoms with E-state index < -0.39 is 0 Å². The molecule has 4 rings (SSSR count). The Morgan fingerprint density at radius 1 is 0.960 bits per heavy atom. The normalized spacial score (nSPS) is 14.1. The summed E-state index contributed by atoms with van der Waals surface area (Å²) < 4.78 is 6.04. The number of fused-ring (bicyclic) bond motifs is 1. The molecule has 1 aromatic carbocycles. The van der Waals surface area contributed by atoms with E-state index in [2.05, 4.69) is 33.1 Å². The number of aromatic nitrogens is 2. The summed E-state index contributed by atoms with van der Waals surface area (Å²) in [6.45, 7) is 3.40. The minimum atomic E-state index is 0.492. The molecule has 0 bridgehead atoms.